The molecule has 1 atom stereocenters. The first-order valence-corrected chi connectivity index (χ1v) is 7.70. The predicted octanol–water partition coefficient (Wildman–Crippen LogP) is 3.73. The molecule has 5 nitrogen and oxygen atoms in total. The lowest BCUT2D eigenvalue weighted by Gasteiger charge is -2.35. The topological polar surface area (TPSA) is 58.1 Å². The van der Waals surface area contributed by atoms with Crippen molar-refractivity contribution in [2.24, 2.45) is 5.41 Å². The van der Waals surface area contributed by atoms with E-state index in [0.717, 1.165) is 5.69 Å². The molecule has 0 unspecified atom stereocenters. The number of hydrogen-bond donors (Lipinski definition) is 1. The molecule has 0 aliphatic heterocycles. The summed E-state index contributed by atoms with van der Waals surface area (Å²) in [6.07, 6.45) is 3.34. The Morgan fingerprint density at radius 1 is 1.17 bits per heavy atom. The summed E-state index contributed by atoms with van der Waals surface area (Å²) in [4.78, 5) is 22.7. The second-order valence-corrected chi connectivity index (χ2v) is 6.74. The first kappa shape index (κ1) is 16.9. The van der Waals surface area contributed by atoms with Crippen LogP contribution < -0.4 is 5.32 Å². The van der Waals surface area contributed by atoms with Gasteiger partial charge in [0.1, 0.15) is 0 Å². The number of nitrogens with zero attached hydrogens (tertiary/aromatic N) is 3. The lowest BCUT2D eigenvalue weighted by atomic mass is 9.87. The Bertz CT molecular complexity index is 664. The summed E-state index contributed by atoms with van der Waals surface area (Å²) in [7, 11) is 1.85. The van der Waals surface area contributed by atoms with Gasteiger partial charge in [-0.25, -0.2) is 9.97 Å². The Kier molecular flexibility index (Phi) is 4.98. The van der Waals surface area contributed by atoms with Crippen LogP contribution in [0.25, 0.3) is 0 Å². The van der Waals surface area contributed by atoms with Crippen LogP contribution in [0, 0.1) is 5.41 Å². The fraction of sp³-hybridized carbons (Fsp3) is 0.389. The number of nitrogens with one attached hydrogen (secondary N) is 1. The number of aromatic nitrogens is 2. The van der Waals surface area contributed by atoms with Crippen LogP contribution in [0.2, 0.25) is 0 Å². The van der Waals surface area contributed by atoms with E-state index in [1.165, 1.54) is 0 Å². The van der Waals surface area contributed by atoms with Crippen molar-refractivity contribution in [2.75, 3.05) is 12.4 Å². The zero-order valence-corrected chi connectivity index (χ0v) is 14.4. The van der Waals surface area contributed by atoms with Gasteiger partial charge < -0.3 is 10.2 Å². The summed E-state index contributed by atoms with van der Waals surface area (Å²) < 4.78 is 0. The maximum absolute atomic E-state index is 12.7. The smallest absolute Gasteiger partial charge is 0.253 e. The van der Waals surface area contributed by atoms with E-state index in [-0.39, 0.29) is 17.4 Å². The summed E-state index contributed by atoms with van der Waals surface area (Å²) in [6, 6.07) is 9.28. The van der Waals surface area contributed by atoms with Gasteiger partial charge in [0.15, 0.2) is 0 Å². The van der Waals surface area contributed by atoms with Crippen molar-refractivity contribution in [3.63, 3.8) is 0 Å². The summed E-state index contributed by atoms with van der Waals surface area (Å²) in [5.74, 6) is 0.513. The molecule has 1 amide bonds. The molecule has 1 aromatic heterocycles. The number of anilines is 2. The Hall–Kier alpha value is -2.43. The molecule has 0 radical (unpaired) electrons. The number of rotatable bonds is 4. The van der Waals surface area contributed by atoms with E-state index in [1.54, 1.807) is 23.4 Å². The van der Waals surface area contributed by atoms with Crippen molar-refractivity contribution in [2.45, 2.75) is 33.7 Å². The van der Waals surface area contributed by atoms with Crippen LogP contribution >= 0.6 is 0 Å². The van der Waals surface area contributed by atoms with Gasteiger partial charge in [0.25, 0.3) is 5.91 Å². The largest absolute Gasteiger partial charge is 0.338 e. The fourth-order valence-corrected chi connectivity index (χ4v) is 2.18. The van der Waals surface area contributed by atoms with E-state index >= 15 is 0 Å². The fourth-order valence-electron chi connectivity index (χ4n) is 2.18. The molecule has 122 valence electrons. The quantitative estimate of drug-likeness (QED) is 0.934. The molecule has 0 fully saturated rings. The summed E-state index contributed by atoms with van der Waals surface area (Å²) >= 11 is 0. The predicted molar refractivity (Wildman–Crippen MR) is 92.8 cm³/mol. The minimum absolute atomic E-state index is 0.00468. The number of carbonyl (C=O) groups is 1. The van der Waals surface area contributed by atoms with Gasteiger partial charge in [-0.05, 0) is 36.6 Å². The second kappa shape index (κ2) is 6.77. The van der Waals surface area contributed by atoms with Crippen LogP contribution in [0.1, 0.15) is 38.1 Å². The molecule has 23 heavy (non-hydrogen) atoms. The van der Waals surface area contributed by atoms with Crippen molar-refractivity contribution < 1.29 is 4.79 Å². The molecule has 0 aliphatic rings. The third kappa shape index (κ3) is 4.28. The van der Waals surface area contributed by atoms with Crippen LogP contribution in [0.5, 0.6) is 0 Å². The van der Waals surface area contributed by atoms with Crippen molar-refractivity contribution in [3.8, 4) is 0 Å². The van der Waals surface area contributed by atoms with Gasteiger partial charge in [-0.1, -0.05) is 26.8 Å². The summed E-state index contributed by atoms with van der Waals surface area (Å²) in [5.41, 5.74) is 1.46. The van der Waals surface area contributed by atoms with E-state index < -0.39 is 0 Å². The van der Waals surface area contributed by atoms with Gasteiger partial charge in [0.2, 0.25) is 5.95 Å². The van der Waals surface area contributed by atoms with Crippen LogP contribution in [0.4, 0.5) is 11.6 Å². The van der Waals surface area contributed by atoms with Crippen LogP contribution in [0.3, 0.4) is 0 Å². The van der Waals surface area contributed by atoms with Gasteiger partial charge in [-0.2, -0.15) is 0 Å². The first-order chi connectivity index (χ1) is 10.8. The maximum atomic E-state index is 12.7. The summed E-state index contributed by atoms with van der Waals surface area (Å²) in [6.45, 7) is 8.46. The monoisotopic (exact) mass is 312 g/mol. The van der Waals surface area contributed by atoms with Crippen LogP contribution in [-0.2, 0) is 0 Å². The molecular formula is C18H24N4O. The van der Waals surface area contributed by atoms with E-state index in [1.807, 2.05) is 31.3 Å². The highest BCUT2D eigenvalue weighted by Crippen LogP contribution is 2.25. The molecule has 1 N–H and O–H groups in total. The zero-order chi connectivity index (χ0) is 17.0. The molecule has 2 aromatic rings. The van der Waals surface area contributed by atoms with Crippen LogP contribution in [-0.4, -0.2) is 33.9 Å². The molecule has 0 saturated heterocycles. The number of carbonyl (C=O) groups excluding carboxylic acids is 1. The van der Waals surface area contributed by atoms with Gasteiger partial charge in [0, 0.05) is 36.7 Å². The normalized spacial score (nSPS) is 12.6. The van der Waals surface area contributed by atoms with Crippen LogP contribution in [0.15, 0.2) is 42.7 Å². The van der Waals surface area contributed by atoms with Gasteiger partial charge in [-0.3, -0.25) is 4.79 Å². The number of hydrogen-bond acceptors (Lipinski definition) is 4. The molecule has 0 aliphatic carbocycles. The van der Waals surface area contributed by atoms with Gasteiger partial charge >= 0.3 is 0 Å². The Morgan fingerprint density at radius 3 is 2.43 bits per heavy atom. The second-order valence-electron chi connectivity index (χ2n) is 6.74. The molecule has 5 heteroatoms. The molecule has 0 saturated carbocycles. The third-order valence-corrected chi connectivity index (χ3v) is 4.09. The zero-order valence-electron chi connectivity index (χ0n) is 14.4. The molecule has 1 aromatic carbocycles. The highest BCUT2D eigenvalue weighted by atomic mass is 16.2. The minimum atomic E-state index is 0.00468. The third-order valence-electron chi connectivity index (χ3n) is 4.09. The molecular weight excluding hydrogens is 288 g/mol. The molecule has 0 spiro atoms. The lowest BCUT2D eigenvalue weighted by molar-refractivity contribution is 0.0629. The van der Waals surface area contributed by atoms with Gasteiger partial charge in [0.05, 0.1) is 0 Å². The highest BCUT2D eigenvalue weighted by Gasteiger charge is 2.27. The molecule has 0 bridgehead atoms. The molecule has 2 rings (SSSR count). The van der Waals surface area contributed by atoms with E-state index in [4.69, 9.17) is 0 Å². The first-order valence-electron chi connectivity index (χ1n) is 7.70. The number of amides is 1. The number of benzene rings is 1. The lowest BCUT2D eigenvalue weighted by Crippen LogP contribution is -2.42. The Balaban J connectivity index is 2.17. The van der Waals surface area contributed by atoms with Crippen molar-refractivity contribution >= 4 is 17.5 Å². The van der Waals surface area contributed by atoms with Crippen molar-refractivity contribution in [1.29, 1.82) is 0 Å². The van der Waals surface area contributed by atoms with E-state index in [2.05, 4.69) is 43.0 Å². The Labute approximate surface area is 137 Å². The van der Waals surface area contributed by atoms with E-state index in [0.29, 0.717) is 11.5 Å². The highest BCUT2D eigenvalue weighted by molar-refractivity contribution is 5.95. The minimum Gasteiger partial charge on any atom is -0.338 e. The van der Waals surface area contributed by atoms with E-state index in [9.17, 15) is 4.79 Å². The van der Waals surface area contributed by atoms with Crippen molar-refractivity contribution in [3.05, 3.63) is 48.3 Å². The average molecular weight is 312 g/mol. The van der Waals surface area contributed by atoms with Gasteiger partial charge in [-0.15, -0.1) is 0 Å². The standard InChI is InChI=1S/C18H24N4O/c1-13(18(2,3)4)22(5)16(23)14-8-6-9-15(12-14)21-17-19-10-7-11-20-17/h6-13H,1-5H3,(H,19,20,21)/t13-/m1/s1. The SMILES string of the molecule is C[C@@H](N(C)C(=O)c1cccc(Nc2ncccn2)c1)C(C)(C)C. The molecule has 1 heterocycles. The van der Waals surface area contributed by atoms with Crippen molar-refractivity contribution in [1.82, 2.24) is 14.9 Å². The average Bonchev–Trinajstić information content (AvgIpc) is 2.53. The Morgan fingerprint density at radius 2 is 1.83 bits per heavy atom. The summed E-state index contributed by atoms with van der Waals surface area (Å²) in [5, 5.41) is 3.10. The maximum Gasteiger partial charge on any atom is 0.253 e.